The Morgan fingerprint density at radius 1 is 1.00 bits per heavy atom. The molecule has 170 valence electrons. The van der Waals surface area contributed by atoms with Gasteiger partial charge in [0.1, 0.15) is 16.8 Å². The number of nitrogens with one attached hydrogen (secondary N) is 1. The van der Waals surface area contributed by atoms with Gasteiger partial charge in [-0.2, -0.15) is 0 Å². The van der Waals surface area contributed by atoms with Crippen LogP contribution < -0.4 is 10.3 Å². The summed E-state index contributed by atoms with van der Waals surface area (Å²) in [6.45, 7) is 0.356. The van der Waals surface area contributed by atoms with Gasteiger partial charge >= 0.3 is 0 Å². The number of ether oxygens (including phenoxy) is 1. The van der Waals surface area contributed by atoms with Crippen LogP contribution in [0.5, 0.6) is 5.75 Å². The molecule has 0 saturated heterocycles. The molecule has 3 aromatic carbocycles. The van der Waals surface area contributed by atoms with Crippen molar-refractivity contribution >= 4 is 34.4 Å². The number of aromatic nitrogens is 3. The van der Waals surface area contributed by atoms with Crippen LogP contribution in [0.3, 0.4) is 0 Å². The monoisotopic (exact) mass is 487 g/mol. The van der Waals surface area contributed by atoms with Gasteiger partial charge in [-0.15, -0.1) is 0 Å². The van der Waals surface area contributed by atoms with Crippen molar-refractivity contribution in [3.05, 3.63) is 112 Å². The van der Waals surface area contributed by atoms with Crippen LogP contribution in [0.1, 0.15) is 11.1 Å². The van der Waals surface area contributed by atoms with Crippen molar-refractivity contribution in [2.24, 2.45) is 0 Å². The molecule has 5 nitrogen and oxygen atoms in total. The van der Waals surface area contributed by atoms with Gasteiger partial charge in [0.05, 0.1) is 13.7 Å². The molecule has 2 heterocycles. The number of aromatic amines is 1. The Morgan fingerprint density at radius 2 is 1.74 bits per heavy atom. The maximum absolute atomic E-state index is 13.7. The van der Waals surface area contributed by atoms with Crippen LogP contribution in [0.4, 0.5) is 0 Å². The quantitative estimate of drug-likeness (QED) is 0.213. The van der Waals surface area contributed by atoms with Crippen molar-refractivity contribution in [1.29, 1.82) is 0 Å². The number of halogens is 1. The summed E-state index contributed by atoms with van der Waals surface area (Å²) in [5, 5.41) is 1.34. The zero-order chi connectivity index (χ0) is 23.5. The van der Waals surface area contributed by atoms with E-state index in [9.17, 15) is 4.79 Å². The number of fused-ring (bicyclic) bond motifs is 1. The first-order valence-corrected chi connectivity index (χ1v) is 12.2. The second-order valence-electron chi connectivity index (χ2n) is 7.80. The highest BCUT2D eigenvalue weighted by Crippen LogP contribution is 2.30. The molecule has 0 bridgehead atoms. The van der Waals surface area contributed by atoms with Crippen LogP contribution in [-0.2, 0) is 12.3 Å². The van der Waals surface area contributed by atoms with Crippen LogP contribution in [-0.4, -0.2) is 21.6 Å². The molecule has 0 spiro atoms. The van der Waals surface area contributed by atoms with Crippen LogP contribution in [0.15, 0.2) is 95.0 Å². The lowest BCUT2D eigenvalue weighted by atomic mass is 10.1. The summed E-state index contributed by atoms with van der Waals surface area (Å²) in [5.41, 5.74) is 4.98. The summed E-state index contributed by atoms with van der Waals surface area (Å²) >= 11 is 7.57. The minimum atomic E-state index is -0.114. The van der Waals surface area contributed by atoms with Crippen molar-refractivity contribution in [2.75, 3.05) is 7.11 Å². The lowest BCUT2D eigenvalue weighted by molar-refractivity contribution is 0.407. The van der Waals surface area contributed by atoms with Crippen molar-refractivity contribution < 1.29 is 4.74 Å². The van der Waals surface area contributed by atoms with Gasteiger partial charge in [-0.25, -0.2) is 4.98 Å². The number of benzene rings is 3. The molecule has 5 rings (SSSR count). The minimum Gasteiger partial charge on any atom is -0.496 e. The van der Waals surface area contributed by atoms with Crippen molar-refractivity contribution in [3.8, 4) is 16.9 Å². The maximum Gasteiger partial charge on any atom is 0.278 e. The highest BCUT2D eigenvalue weighted by Gasteiger charge is 2.18. The number of para-hydroxylation sites is 1. The first-order chi connectivity index (χ1) is 16.6. The predicted octanol–water partition coefficient (Wildman–Crippen LogP) is 6.39. The molecule has 0 fully saturated rings. The highest BCUT2D eigenvalue weighted by atomic mass is 35.5. The molecule has 0 atom stereocenters. The first-order valence-electron chi connectivity index (χ1n) is 10.8. The molecule has 2 aromatic heterocycles. The largest absolute Gasteiger partial charge is 0.496 e. The van der Waals surface area contributed by atoms with Crippen LogP contribution >= 0.6 is 23.4 Å². The topological polar surface area (TPSA) is 59.9 Å². The summed E-state index contributed by atoms with van der Waals surface area (Å²) < 4.78 is 7.24. The number of hydrogen-bond acceptors (Lipinski definition) is 4. The second kappa shape index (κ2) is 9.79. The van der Waals surface area contributed by atoms with E-state index < -0.39 is 0 Å². The summed E-state index contributed by atoms with van der Waals surface area (Å²) in [4.78, 5) is 21.8. The average molecular weight is 488 g/mol. The number of hydrogen-bond donors (Lipinski definition) is 1. The second-order valence-corrected chi connectivity index (χ2v) is 9.18. The van der Waals surface area contributed by atoms with Crippen LogP contribution in [0, 0.1) is 0 Å². The summed E-state index contributed by atoms with van der Waals surface area (Å²) in [7, 11) is 1.64. The van der Waals surface area contributed by atoms with E-state index in [0.717, 1.165) is 28.0 Å². The number of methoxy groups -OCH3 is 1. The first kappa shape index (κ1) is 22.3. The Labute approximate surface area is 206 Å². The lowest BCUT2D eigenvalue weighted by Gasteiger charge is -2.14. The van der Waals surface area contributed by atoms with E-state index in [2.05, 4.69) is 4.98 Å². The minimum absolute atomic E-state index is 0.114. The third-order valence-corrected chi connectivity index (χ3v) is 6.94. The van der Waals surface area contributed by atoms with E-state index in [0.29, 0.717) is 33.5 Å². The van der Waals surface area contributed by atoms with Gasteiger partial charge in [0, 0.05) is 28.1 Å². The van der Waals surface area contributed by atoms with Gasteiger partial charge in [0.25, 0.3) is 5.56 Å². The number of nitrogens with zero attached hydrogens (tertiary/aromatic N) is 2. The van der Waals surface area contributed by atoms with Crippen LogP contribution in [0.2, 0.25) is 5.02 Å². The SMILES string of the molecule is COc1ccccc1Cn1c(SCc2ccc(Cl)cc2)nc2c(-c3ccccc3)c[nH]c2c1=O. The standard InChI is InChI=1S/C27H22ClN3O2S/c1-33-23-10-6-5-9-20(23)16-31-26(32)25-24(22(15-29-25)19-7-3-2-4-8-19)30-27(31)34-17-18-11-13-21(28)14-12-18/h2-15,29H,16-17H2,1H3. The van der Waals surface area contributed by atoms with Gasteiger partial charge in [0.15, 0.2) is 5.16 Å². The van der Waals surface area contributed by atoms with E-state index >= 15 is 0 Å². The van der Waals surface area contributed by atoms with Crippen molar-refractivity contribution in [1.82, 2.24) is 14.5 Å². The molecular weight excluding hydrogens is 466 g/mol. The van der Waals surface area contributed by atoms with E-state index in [1.807, 2.05) is 85.1 Å². The molecule has 0 aliphatic carbocycles. The molecule has 0 radical (unpaired) electrons. The normalized spacial score (nSPS) is 11.1. The third-order valence-electron chi connectivity index (χ3n) is 5.64. The van der Waals surface area contributed by atoms with E-state index in [1.165, 1.54) is 11.8 Å². The number of thioether (sulfide) groups is 1. The molecule has 5 aromatic rings. The Kier molecular flexibility index (Phi) is 6.43. The molecule has 0 saturated carbocycles. The Morgan fingerprint density at radius 3 is 2.50 bits per heavy atom. The molecule has 0 aliphatic rings. The molecule has 1 N–H and O–H groups in total. The van der Waals surface area contributed by atoms with Gasteiger partial charge < -0.3 is 9.72 Å². The van der Waals surface area contributed by atoms with Gasteiger partial charge in [-0.3, -0.25) is 9.36 Å². The maximum atomic E-state index is 13.7. The van der Waals surface area contributed by atoms with Gasteiger partial charge in [-0.1, -0.05) is 84.0 Å². The fourth-order valence-electron chi connectivity index (χ4n) is 3.89. The molecule has 7 heteroatoms. The molecule has 0 aliphatic heterocycles. The van der Waals surface area contributed by atoms with E-state index in [-0.39, 0.29) is 5.56 Å². The Bertz CT molecular complexity index is 1490. The number of H-pyrrole nitrogens is 1. The summed E-state index contributed by atoms with van der Waals surface area (Å²) in [6.07, 6.45) is 1.86. The lowest BCUT2D eigenvalue weighted by Crippen LogP contribution is -2.24. The third kappa shape index (κ3) is 4.47. The molecule has 34 heavy (non-hydrogen) atoms. The van der Waals surface area contributed by atoms with Gasteiger partial charge in [-0.05, 0) is 29.3 Å². The predicted molar refractivity (Wildman–Crippen MR) is 139 cm³/mol. The summed E-state index contributed by atoms with van der Waals surface area (Å²) in [5.74, 6) is 1.39. The highest BCUT2D eigenvalue weighted by molar-refractivity contribution is 7.98. The molecule has 0 amide bonds. The summed E-state index contributed by atoms with van der Waals surface area (Å²) in [6, 6.07) is 25.4. The average Bonchev–Trinajstić information content (AvgIpc) is 3.30. The Hall–Kier alpha value is -3.48. The van der Waals surface area contributed by atoms with Crippen molar-refractivity contribution in [3.63, 3.8) is 0 Å². The van der Waals surface area contributed by atoms with Crippen LogP contribution in [0.25, 0.3) is 22.2 Å². The fraction of sp³-hybridized carbons (Fsp3) is 0.111. The zero-order valence-corrected chi connectivity index (χ0v) is 20.1. The Balaban J connectivity index is 1.62. The molecule has 0 unspecified atom stereocenters. The fourth-order valence-corrected chi connectivity index (χ4v) is 4.97. The van der Waals surface area contributed by atoms with E-state index in [1.54, 1.807) is 11.7 Å². The van der Waals surface area contributed by atoms with Crippen molar-refractivity contribution in [2.45, 2.75) is 17.5 Å². The van der Waals surface area contributed by atoms with Gasteiger partial charge in [0.2, 0.25) is 0 Å². The zero-order valence-electron chi connectivity index (χ0n) is 18.5. The van der Waals surface area contributed by atoms with E-state index in [4.69, 9.17) is 21.3 Å². The molecular formula is C27H22ClN3O2S. The smallest absolute Gasteiger partial charge is 0.278 e. The number of rotatable bonds is 7.